The Morgan fingerprint density at radius 3 is 2.94 bits per heavy atom. The summed E-state index contributed by atoms with van der Waals surface area (Å²) in [6.07, 6.45) is 0.973. The Balaban J connectivity index is 2.17. The van der Waals surface area contributed by atoms with E-state index in [1.54, 1.807) is 6.92 Å². The molecule has 1 atom stereocenters. The second-order valence-corrected chi connectivity index (χ2v) is 4.07. The number of rotatable bonds is 5. The standard InChI is InChI=1S/C13H17N3O2/c1-3-7-17-11-6-4-5-10(8-11)12(14)13-15-9(2)18-16-13/h4-6,8,12H,3,7,14H2,1-2H3. The fourth-order valence-corrected chi connectivity index (χ4v) is 1.61. The first kappa shape index (κ1) is 12.6. The van der Waals surface area contributed by atoms with Gasteiger partial charge in [-0.25, -0.2) is 0 Å². The lowest BCUT2D eigenvalue weighted by molar-refractivity contribution is 0.317. The number of aryl methyl sites for hydroxylation is 1. The molecule has 5 heteroatoms. The highest BCUT2D eigenvalue weighted by Crippen LogP contribution is 2.21. The predicted octanol–water partition coefficient (Wildman–Crippen LogP) is 2.21. The summed E-state index contributed by atoms with van der Waals surface area (Å²) >= 11 is 0. The Morgan fingerprint density at radius 2 is 2.28 bits per heavy atom. The van der Waals surface area contributed by atoms with Crippen LogP contribution in [0.3, 0.4) is 0 Å². The zero-order valence-corrected chi connectivity index (χ0v) is 10.6. The van der Waals surface area contributed by atoms with Gasteiger partial charge in [0, 0.05) is 6.92 Å². The van der Waals surface area contributed by atoms with Gasteiger partial charge in [0.2, 0.25) is 5.89 Å². The number of aromatic nitrogens is 2. The fraction of sp³-hybridized carbons (Fsp3) is 0.385. The van der Waals surface area contributed by atoms with Gasteiger partial charge in [-0.2, -0.15) is 4.98 Å². The Bertz CT molecular complexity index is 510. The van der Waals surface area contributed by atoms with E-state index >= 15 is 0 Å². The zero-order chi connectivity index (χ0) is 13.0. The maximum atomic E-state index is 6.09. The van der Waals surface area contributed by atoms with Crippen molar-refractivity contribution in [3.05, 3.63) is 41.5 Å². The summed E-state index contributed by atoms with van der Waals surface area (Å²) in [4.78, 5) is 4.14. The number of hydrogen-bond acceptors (Lipinski definition) is 5. The van der Waals surface area contributed by atoms with Crippen LogP contribution in [0.15, 0.2) is 28.8 Å². The molecule has 2 aromatic rings. The van der Waals surface area contributed by atoms with Crippen molar-refractivity contribution < 1.29 is 9.26 Å². The monoisotopic (exact) mass is 247 g/mol. The first-order valence-corrected chi connectivity index (χ1v) is 5.99. The van der Waals surface area contributed by atoms with Gasteiger partial charge in [-0.3, -0.25) is 0 Å². The number of nitrogens with zero attached hydrogens (tertiary/aromatic N) is 2. The van der Waals surface area contributed by atoms with E-state index in [2.05, 4.69) is 17.1 Å². The lowest BCUT2D eigenvalue weighted by Gasteiger charge is -2.10. The third kappa shape index (κ3) is 2.87. The normalized spacial score (nSPS) is 12.4. The summed E-state index contributed by atoms with van der Waals surface area (Å²) in [6, 6.07) is 7.26. The minimum Gasteiger partial charge on any atom is -0.494 e. The molecule has 5 nitrogen and oxygen atoms in total. The summed E-state index contributed by atoms with van der Waals surface area (Å²) in [5.74, 6) is 1.81. The maximum Gasteiger partial charge on any atom is 0.223 e. The minimum atomic E-state index is -0.396. The van der Waals surface area contributed by atoms with Gasteiger partial charge in [0.1, 0.15) is 5.75 Å². The van der Waals surface area contributed by atoms with Gasteiger partial charge in [-0.1, -0.05) is 24.2 Å². The molecule has 0 bridgehead atoms. The molecule has 0 saturated heterocycles. The van der Waals surface area contributed by atoms with Gasteiger partial charge >= 0.3 is 0 Å². The topological polar surface area (TPSA) is 74.2 Å². The van der Waals surface area contributed by atoms with E-state index in [0.717, 1.165) is 17.7 Å². The predicted molar refractivity (Wildman–Crippen MR) is 67.3 cm³/mol. The van der Waals surface area contributed by atoms with E-state index in [0.29, 0.717) is 18.3 Å². The molecule has 0 spiro atoms. The van der Waals surface area contributed by atoms with Crippen LogP contribution in [0.1, 0.15) is 36.7 Å². The molecule has 2 N–H and O–H groups in total. The summed E-state index contributed by atoms with van der Waals surface area (Å²) < 4.78 is 10.5. The third-order valence-electron chi connectivity index (χ3n) is 2.51. The second-order valence-electron chi connectivity index (χ2n) is 4.07. The van der Waals surface area contributed by atoms with Crippen molar-refractivity contribution in [3.8, 4) is 5.75 Å². The first-order valence-electron chi connectivity index (χ1n) is 5.99. The lowest BCUT2D eigenvalue weighted by atomic mass is 10.1. The number of nitrogens with two attached hydrogens (primary N) is 1. The summed E-state index contributed by atoms with van der Waals surface area (Å²) in [6.45, 7) is 4.50. The molecule has 0 amide bonds. The fourth-order valence-electron chi connectivity index (χ4n) is 1.61. The van der Waals surface area contributed by atoms with E-state index in [1.165, 1.54) is 0 Å². The molecule has 0 aliphatic heterocycles. The Morgan fingerprint density at radius 1 is 1.44 bits per heavy atom. The highest BCUT2D eigenvalue weighted by molar-refractivity contribution is 5.32. The first-order chi connectivity index (χ1) is 8.70. The molecule has 0 aliphatic carbocycles. The van der Waals surface area contributed by atoms with E-state index in [9.17, 15) is 0 Å². The molecular formula is C13H17N3O2. The summed E-state index contributed by atoms with van der Waals surface area (Å²) in [5.41, 5.74) is 6.99. The Hall–Kier alpha value is -1.88. The van der Waals surface area contributed by atoms with E-state index in [4.69, 9.17) is 15.0 Å². The van der Waals surface area contributed by atoms with Crippen LogP contribution >= 0.6 is 0 Å². The highest BCUT2D eigenvalue weighted by atomic mass is 16.5. The Labute approximate surface area is 106 Å². The number of ether oxygens (including phenoxy) is 1. The van der Waals surface area contributed by atoms with Gasteiger partial charge in [0.25, 0.3) is 0 Å². The zero-order valence-electron chi connectivity index (χ0n) is 10.6. The van der Waals surface area contributed by atoms with Crippen LogP contribution in [0.4, 0.5) is 0 Å². The summed E-state index contributed by atoms with van der Waals surface area (Å²) in [5, 5.41) is 3.83. The van der Waals surface area contributed by atoms with Crippen LogP contribution in [0.25, 0.3) is 0 Å². The van der Waals surface area contributed by atoms with Crippen molar-refractivity contribution in [1.29, 1.82) is 0 Å². The largest absolute Gasteiger partial charge is 0.494 e. The van der Waals surface area contributed by atoms with Gasteiger partial charge in [0.05, 0.1) is 12.6 Å². The number of benzene rings is 1. The van der Waals surface area contributed by atoms with Crippen molar-refractivity contribution in [1.82, 2.24) is 10.1 Å². The van der Waals surface area contributed by atoms with Crippen LogP contribution in [0.5, 0.6) is 5.75 Å². The van der Waals surface area contributed by atoms with Gasteiger partial charge in [0.15, 0.2) is 5.82 Å². The molecule has 18 heavy (non-hydrogen) atoms. The average molecular weight is 247 g/mol. The van der Waals surface area contributed by atoms with Crippen LogP contribution in [0.2, 0.25) is 0 Å². The van der Waals surface area contributed by atoms with Gasteiger partial charge in [-0.05, 0) is 24.1 Å². The van der Waals surface area contributed by atoms with Gasteiger partial charge in [-0.15, -0.1) is 0 Å². The smallest absolute Gasteiger partial charge is 0.223 e. The molecular weight excluding hydrogens is 230 g/mol. The van der Waals surface area contributed by atoms with Crippen LogP contribution in [0, 0.1) is 6.92 Å². The molecule has 0 saturated carbocycles. The maximum absolute atomic E-state index is 6.09. The van der Waals surface area contributed by atoms with Crippen molar-refractivity contribution >= 4 is 0 Å². The molecule has 2 rings (SSSR count). The van der Waals surface area contributed by atoms with Crippen molar-refractivity contribution in [3.63, 3.8) is 0 Å². The van der Waals surface area contributed by atoms with Crippen molar-refractivity contribution in [2.45, 2.75) is 26.3 Å². The summed E-state index contributed by atoms with van der Waals surface area (Å²) in [7, 11) is 0. The van der Waals surface area contributed by atoms with Crippen molar-refractivity contribution in [2.24, 2.45) is 5.73 Å². The molecule has 0 aliphatic rings. The van der Waals surface area contributed by atoms with Crippen LogP contribution in [-0.2, 0) is 0 Å². The average Bonchev–Trinajstić information content (AvgIpc) is 2.82. The minimum absolute atomic E-state index is 0.396. The van der Waals surface area contributed by atoms with Crippen LogP contribution in [-0.4, -0.2) is 16.7 Å². The highest BCUT2D eigenvalue weighted by Gasteiger charge is 2.15. The molecule has 1 unspecified atom stereocenters. The van der Waals surface area contributed by atoms with Crippen LogP contribution < -0.4 is 10.5 Å². The van der Waals surface area contributed by atoms with Crippen molar-refractivity contribution in [2.75, 3.05) is 6.61 Å². The molecule has 96 valence electrons. The van der Waals surface area contributed by atoms with Gasteiger partial charge < -0.3 is 15.0 Å². The number of hydrogen-bond donors (Lipinski definition) is 1. The molecule has 0 radical (unpaired) electrons. The van der Waals surface area contributed by atoms with E-state index in [-0.39, 0.29) is 0 Å². The molecule has 1 aromatic heterocycles. The molecule has 1 aromatic carbocycles. The van der Waals surface area contributed by atoms with E-state index in [1.807, 2.05) is 24.3 Å². The molecule has 1 heterocycles. The second kappa shape index (κ2) is 5.64. The third-order valence-corrected chi connectivity index (χ3v) is 2.51. The quantitative estimate of drug-likeness (QED) is 0.876. The van der Waals surface area contributed by atoms with E-state index < -0.39 is 6.04 Å². The molecule has 0 fully saturated rings. The Kier molecular flexibility index (Phi) is 3.94. The SMILES string of the molecule is CCCOc1cccc(C(N)c2noc(C)n2)c1. The lowest BCUT2D eigenvalue weighted by Crippen LogP contribution is -2.13.